The van der Waals surface area contributed by atoms with Gasteiger partial charge in [0.25, 0.3) is 5.91 Å². The lowest BCUT2D eigenvalue weighted by Gasteiger charge is -2.21. The van der Waals surface area contributed by atoms with Crippen LogP contribution >= 0.6 is 15.9 Å². The lowest BCUT2D eigenvalue weighted by atomic mass is 9.98. The highest BCUT2D eigenvalue weighted by molar-refractivity contribution is 9.10. The van der Waals surface area contributed by atoms with Crippen LogP contribution in [0, 0.1) is 0 Å². The summed E-state index contributed by atoms with van der Waals surface area (Å²) in [6.07, 6.45) is -19.5. The normalized spacial score (nSPS) is 12.3. The van der Waals surface area contributed by atoms with Gasteiger partial charge in [-0.1, -0.05) is 52.3 Å². The summed E-state index contributed by atoms with van der Waals surface area (Å²) in [6, 6.07) is 16.6. The summed E-state index contributed by atoms with van der Waals surface area (Å²) in [6.45, 7) is -0.497. The van der Waals surface area contributed by atoms with Crippen molar-refractivity contribution in [3.8, 4) is 11.1 Å². The molecule has 0 unspecified atom stereocenters. The first-order chi connectivity index (χ1) is 22.5. The minimum atomic E-state index is -4.95. The monoisotopic (exact) mass is 772 g/mol. The molecule has 16 heteroatoms. The summed E-state index contributed by atoms with van der Waals surface area (Å²) in [5, 5.41) is 2.51. The molecular weight excluding hydrogens is 748 g/mol. The first-order valence-corrected chi connectivity index (χ1v) is 14.6. The SMILES string of the molecule is CN(Cc1cc(C(F)(F)F)cc(C(F)(F)F)c1)C(=O)c1ccccc1-c1ccccc1Br.CNCc1cc(C(F)(F)F)cc(C(F)(F)F)c1. The molecule has 0 heterocycles. The van der Waals surface area contributed by atoms with Gasteiger partial charge in [-0.15, -0.1) is 0 Å². The third kappa shape index (κ3) is 10.7. The van der Waals surface area contributed by atoms with Crippen molar-refractivity contribution in [2.75, 3.05) is 14.1 Å². The van der Waals surface area contributed by atoms with E-state index < -0.39 is 59.4 Å². The molecule has 0 saturated carbocycles. The van der Waals surface area contributed by atoms with E-state index in [9.17, 15) is 57.5 Å². The van der Waals surface area contributed by atoms with Crippen LogP contribution < -0.4 is 5.32 Å². The molecule has 0 aliphatic carbocycles. The highest BCUT2D eigenvalue weighted by Crippen LogP contribution is 2.38. The quantitative estimate of drug-likeness (QED) is 0.198. The molecule has 264 valence electrons. The van der Waals surface area contributed by atoms with Crippen molar-refractivity contribution in [2.45, 2.75) is 37.8 Å². The summed E-state index contributed by atoms with van der Waals surface area (Å²) in [5.41, 5.74) is -4.19. The summed E-state index contributed by atoms with van der Waals surface area (Å²) < 4.78 is 154. The minimum absolute atomic E-state index is 0.0605. The predicted octanol–water partition coefficient (Wildman–Crippen LogP) is 10.9. The van der Waals surface area contributed by atoms with E-state index in [-0.39, 0.29) is 35.4 Å². The van der Waals surface area contributed by atoms with Crippen molar-refractivity contribution >= 4 is 21.8 Å². The first kappa shape index (κ1) is 39.4. The van der Waals surface area contributed by atoms with Gasteiger partial charge in [-0.25, -0.2) is 0 Å². The molecule has 0 radical (unpaired) electrons. The number of carbonyl (C=O) groups excluding carboxylic acids is 1. The van der Waals surface area contributed by atoms with E-state index in [0.717, 1.165) is 14.9 Å². The van der Waals surface area contributed by atoms with Crippen LogP contribution in [0.3, 0.4) is 0 Å². The molecular formula is C33H25BrF12N2O. The molecule has 0 saturated heterocycles. The highest BCUT2D eigenvalue weighted by atomic mass is 79.9. The van der Waals surface area contributed by atoms with Crippen LogP contribution in [0.1, 0.15) is 43.7 Å². The zero-order valence-electron chi connectivity index (χ0n) is 25.3. The summed E-state index contributed by atoms with van der Waals surface area (Å²) in [5.74, 6) is -0.540. The van der Waals surface area contributed by atoms with Crippen LogP contribution in [-0.4, -0.2) is 24.9 Å². The Balaban J connectivity index is 0.000000323. The third-order valence-corrected chi connectivity index (χ3v) is 7.46. The summed E-state index contributed by atoms with van der Waals surface area (Å²) >= 11 is 3.42. The Morgan fingerprint density at radius 3 is 1.41 bits per heavy atom. The summed E-state index contributed by atoms with van der Waals surface area (Å²) in [7, 11) is 2.76. The van der Waals surface area contributed by atoms with Gasteiger partial charge in [0.1, 0.15) is 0 Å². The molecule has 0 aliphatic rings. The van der Waals surface area contributed by atoms with E-state index in [1.165, 1.54) is 14.1 Å². The van der Waals surface area contributed by atoms with Gasteiger partial charge in [0.2, 0.25) is 0 Å². The fourth-order valence-electron chi connectivity index (χ4n) is 4.57. The molecule has 0 atom stereocenters. The average molecular weight is 773 g/mol. The molecule has 49 heavy (non-hydrogen) atoms. The highest BCUT2D eigenvalue weighted by Gasteiger charge is 2.38. The van der Waals surface area contributed by atoms with Crippen LogP contribution in [0.25, 0.3) is 11.1 Å². The Kier molecular flexibility index (Phi) is 12.2. The Bertz CT molecular complexity index is 1700. The molecule has 4 rings (SSSR count). The van der Waals surface area contributed by atoms with Gasteiger partial charge in [0, 0.05) is 30.2 Å². The number of halogens is 13. The van der Waals surface area contributed by atoms with Crippen LogP contribution in [-0.2, 0) is 37.8 Å². The van der Waals surface area contributed by atoms with Gasteiger partial charge in [0.05, 0.1) is 22.3 Å². The third-order valence-electron chi connectivity index (χ3n) is 6.76. The number of benzene rings is 4. The molecule has 4 aromatic rings. The Labute approximate surface area is 280 Å². The number of nitrogens with zero attached hydrogens (tertiary/aromatic N) is 1. The number of alkyl halides is 12. The fraction of sp³-hybridized carbons (Fsp3) is 0.242. The molecule has 4 aromatic carbocycles. The molecule has 1 N–H and O–H groups in total. The van der Waals surface area contributed by atoms with Gasteiger partial charge in [-0.3, -0.25) is 4.79 Å². The van der Waals surface area contributed by atoms with Gasteiger partial charge in [0.15, 0.2) is 0 Å². The second-order valence-electron chi connectivity index (χ2n) is 10.5. The van der Waals surface area contributed by atoms with E-state index in [4.69, 9.17) is 0 Å². The second kappa shape index (κ2) is 15.2. The van der Waals surface area contributed by atoms with Crippen molar-refractivity contribution in [1.29, 1.82) is 0 Å². The predicted molar refractivity (Wildman–Crippen MR) is 161 cm³/mol. The van der Waals surface area contributed by atoms with Gasteiger partial charge >= 0.3 is 24.7 Å². The molecule has 0 fully saturated rings. The first-order valence-electron chi connectivity index (χ1n) is 13.8. The maximum atomic E-state index is 13.1. The largest absolute Gasteiger partial charge is 0.416 e. The molecule has 0 spiro atoms. The number of rotatable bonds is 6. The van der Waals surface area contributed by atoms with E-state index in [2.05, 4.69) is 21.2 Å². The molecule has 1 amide bonds. The van der Waals surface area contributed by atoms with Gasteiger partial charge in [-0.2, -0.15) is 52.7 Å². The lowest BCUT2D eigenvalue weighted by molar-refractivity contribution is -0.144. The number of carbonyl (C=O) groups is 1. The standard InChI is InChI=1S/C23H16BrF6NO.C10H9F6N/c1-31(13-14-10-15(22(25,26)27)12-16(11-14)23(28,29)30)21(32)19-8-3-2-6-17(19)18-7-4-5-9-20(18)24;1-17-5-6-2-7(9(11,12)13)4-8(3-6)10(14,15)16/h2-12H,13H2,1H3;2-4,17H,5H2,1H3. The Hall–Kier alpha value is -4.05. The number of amides is 1. The molecule has 0 bridgehead atoms. The Morgan fingerprint density at radius 2 is 1.00 bits per heavy atom. The smallest absolute Gasteiger partial charge is 0.337 e. The summed E-state index contributed by atoms with van der Waals surface area (Å²) in [4.78, 5) is 14.2. The van der Waals surface area contributed by atoms with Crippen LogP contribution in [0.2, 0.25) is 0 Å². The second-order valence-corrected chi connectivity index (χ2v) is 11.4. The van der Waals surface area contributed by atoms with Crippen molar-refractivity contribution in [3.05, 3.63) is 128 Å². The number of hydrogen-bond donors (Lipinski definition) is 1. The van der Waals surface area contributed by atoms with Crippen LogP contribution in [0.5, 0.6) is 0 Å². The van der Waals surface area contributed by atoms with Crippen LogP contribution in [0.4, 0.5) is 52.7 Å². The van der Waals surface area contributed by atoms with Crippen molar-refractivity contribution in [3.63, 3.8) is 0 Å². The lowest BCUT2D eigenvalue weighted by Crippen LogP contribution is -2.27. The maximum Gasteiger partial charge on any atom is 0.416 e. The zero-order chi connectivity index (χ0) is 36.9. The zero-order valence-corrected chi connectivity index (χ0v) is 26.9. The van der Waals surface area contributed by atoms with Crippen molar-refractivity contribution < 1.29 is 57.5 Å². The van der Waals surface area contributed by atoms with Crippen LogP contribution in [0.15, 0.2) is 89.4 Å². The molecule has 0 aromatic heterocycles. The van der Waals surface area contributed by atoms with Gasteiger partial charge in [-0.05, 0) is 77.8 Å². The van der Waals surface area contributed by atoms with E-state index in [1.807, 2.05) is 0 Å². The average Bonchev–Trinajstić information content (AvgIpc) is 2.99. The van der Waals surface area contributed by atoms with Gasteiger partial charge < -0.3 is 10.2 Å². The molecule has 0 aliphatic heterocycles. The number of hydrogen-bond acceptors (Lipinski definition) is 2. The van der Waals surface area contributed by atoms with Crippen molar-refractivity contribution in [1.82, 2.24) is 10.2 Å². The maximum absolute atomic E-state index is 13.1. The van der Waals surface area contributed by atoms with Crippen molar-refractivity contribution in [2.24, 2.45) is 0 Å². The fourth-order valence-corrected chi connectivity index (χ4v) is 5.07. The number of nitrogens with one attached hydrogen (secondary N) is 1. The molecule has 3 nitrogen and oxygen atoms in total. The van der Waals surface area contributed by atoms with E-state index in [1.54, 1.807) is 48.5 Å². The van der Waals surface area contributed by atoms with E-state index in [0.29, 0.717) is 29.8 Å². The topological polar surface area (TPSA) is 32.3 Å². The van der Waals surface area contributed by atoms with E-state index >= 15 is 0 Å². The Morgan fingerprint density at radius 1 is 0.612 bits per heavy atom. The minimum Gasteiger partial charge on any atom is -0.337 e.